The molecule has 0 radical (unpaired) electrons. The largest absolute Gasteiger partial charge is 0.379 e. The van der Waals surface area contributed by atoms with Crippen molar-refractivity contribution in [3.05, 3.63) is 11.5 Å². The highest BCUT2D eigenvalue weighted by atomic mass is 35.5. The summed E-state index contributed by atoms with van der Waals surface area (Å²) in [6.07, 6.45) is 3.00. The molecule has 0 saturated carbocycles. The van der Waals surface area contributed by atoms with E-state index in [0.29, 0.717) is 12.5 Å². The summed E-state index contributed by atoms with van der Waals surface area (Å²) < 4.78 is 9.79. The van der Waals surface area contributed by atoms with E-state index in [0.717, 1.165) is 48.6 Å². The Morgan fingerprint density at radius 1 is 1.45 bits per heavy atom. The molecule has 1 saturated heterocycles. The first-order valence-electron chi connectivity index (χ1n) is 7.18. The third kappa shape index (κ3) is 1.95. The van der Waals surface area contributed by atoms with Crippen LogP contribution in [0.5, 0.6) is 0 Å². The molecule has 0 spiro atoms. The maximum Gasteiger partial charge on any atom is 0.159 e. The lowest BCUT2D eigenvalue weighted by Crippen LogP contribution is -2.32. The van der Waals surface area contributed by atoms with Crippen molar-refractivity contribution >= 4 is 22.8 Å². The van der Waals surface area contributed by atoms with E-state index >= 15 is 0 Å². The molecule has 1 aliphatic rings. The van der Waals surface area contributed by atoms with Crippen LogP contribution in [-0.2, 0) is 29.6 Å². The van der Waals surface area contributed by atoms with Gasteiger partial charge in [0.25, 0.3) is 0 Å². The minimum Gasteiger partial charge on any atom is -0.379 e. The van der Waals surface area contributed by atoms with Crippen molar-refractivity contribution in [1.82, 2.24) is 19.3 Å². The number of fused-ring (bicyclic) bond motifs is 1. The van der Waals surface area contributed by atoms with Gasteiger partial charge in [-0.15, -0.1) is 11.6 Å². The van der Waals surface area contributed by atoms with Gasteiger partial charge in [0.1, 0.15) is 11.3 Å². The molecular weight excluding hydrogens is 276 g/mol. The van der Waals surface area contributed by atoms with Gasteiger partial charge in [0, 0.05) is 13.7 Å². The zero-order valence-corrected chi connectivity index (χ0v) is 13.1. The third-order valence-electron chi connectivity index (χ3n) is 4.12. The molecule has 0 aromatic carbocycles. The molecule has 3 rings (SSSR count). The predicted molar refractivity (Wildman–Crippen MR) is 79.1 cm³/mol. The third-order valence-corrected chi connectivity index (χ3v) is 4.36. The fraction of sp³-hybridized carbons (Fsp3) is 0.714. The van der Waals surface area contributed by atoms with Crippen LogP contribution >= 0.6 is 11.6 Å². The van der Waals surface area contributed by atoms with E-state index in [2.05, 4.69) is 23.5 Å². The number of alkyl halides is 1. The SMILES string of the molecule is CCCc1nn(C)c2c1nc(CCl)n2C1(C)CCOC1. The topological polar surface area (TPSA) is 44.9 Å². The minimum atomic E-state index is -0.0732. The van der Waals surface area contributed by atoms with E-state index < -0.39 is 0 Å². The first-order chi connectivity index (χ1) is 9.60. The fourth-order valence-electron chi connectivity index (χ4n) is 3.12. The smallest absolute Gasteiger partial charge is 0.159 e. The predicted octanol–water partition coefficient (Wildman–Crippen LogP) is 2.60. The Balaban J connectivity index is 2.24. The van der Waals surface area contributed by atoms with Crippen LogP contribution in [0.4, 0.5) is 0 Å². The molecule has 0 bridgehead atoms. The van der Waals surface area contributed by atoms with E-state index in [-0.39, 0.29) is 5.54 Å². The number of nitrogens with zero attached hydrogens (tertiary/aromatic N) is 4. The summed E-state index contributed by atoms with van der Waals surface area (Å²) in [5.74, 6) is 1.33. The second kappa shape index (κ2) is 5.04. The fourth-order valence-corrected chi connectivity index (χ4v) is 3.30. The van der Waals surface area contributed by atoms with Crippen molar-refractivity contribution in [2.45, 2.75) is 44.5 Å². The first-order valence-corrected chi connectivity index (χ1v) is 7.71. The molecule has 5 nitrogen and oxygen atoms in total. The standard InChI is InChI=1S/C14H21ClN4O/c1-4-5-10-12-13(18(3)17-10)19(11(8-15)16-12)14(2)6-7-20-9-14/h4-9H2,1-3H3. The Labute approximate surface area is 123 Å². The van der Waals surface area contributed by atoms with E-state index in [1.54, 1.807) is 0 Å². The van der Waals surface area contributed by atoms with Crippen molar-refractivity contribution in [2.24, 2.45) is 7.05 Å². The average Bonchev–Trinajstić information content (AvgIpc) is 3.08. The van der Waals surface area contributed by atoms with E-state index in [1.807, 2.05) is 11.7 Å². The lowest BCUT2D eigenvalue weighted by Gasteiger charge is -2.26. The molecule has 0 amide bonds. The van der Waals surface area contributed by atoms with Crippen LogP contribution in [0.2, 0.25) is 0 Å². The number of aryl methyl sites for hydroxylation is 2. The first kappa shape index (κ1) is 13.9. The van der Waals surface area contributed by atoms with E-state index in [4.69, 9.17) is 21.3 Å². The van der Waals surface area contributed by atoms with Crippen molar-refractivity contribution in [3.8, 4) is 0 Å². The Morgan fingerprint density at radius 2 is 2.25 bits per heavy atom. The zero-order chi connectivity index (χ0) is 14.3. The molecule has 2 aromatic heterocycles. The summed E-state index contributed by atoms with van der Waals surface area (Å²) in [6, 6.07) is 0. The molecule has 1 unspecified atom stereocenters. The van der Waals surface area contributed by atoms with Gasteiger partial charge in [0.05, 0.1) is 23.7 Å². The van der Waals surface area contributed by atoms with Crippen molar-refractivity contribution < 1.29 is 4.74 Å². The molecule has 1 fully saturated rings. The van der Waals surface area contributed by atoms with Gasteiger partial charge in [-0.25, -0.2) is 4.98 Å². The molecule has 110 valence electrons. The van der Waals surface area contributed by atoms with Gasteiger partial charge in [-0.2, -0.15) is 5.10 Å². The molecule has 20 heavy (non-hydrogen) atoms. The van der Waals surface area contributed by atoms with Crippen LogP contribution in [0.15, 0.2) is 0 Å². The second-order valence-corrected chi connectivity index (χ2v) is 6.06. The summed E-state index contributed by atoms with van der Waals surface area (Å²) in [6.45, 7) is 5.87. The highest BCUT2D eigenvalue weighted by Crippen LogP contribution is 2.33. The molecule has 0 aliphatic carbocycles. The van der Waals surface area contributed by atoms with Crippen LogP contribution < -0.4 is 0 Å². The highest BCUT2D eigenvalue weighted by Gasteiger charge is 2.36. The van der Waals surface area contributed by atoms with Gasteiger partial charge in [-0.3, -0.25) is 4.68 Å². The molecule has 6 heteroatoms. The number of hydrogen-bond donors (Lipinski definition) is 0. The average molecular weight is 297 g/mol. The Kier molecular flexibility index (Phi) is 3.50. The van der Waals surface area contributed by atoms with Gasteiger partial charge in [0.2, 0.25) is 0 Å². The Bertz CT molecular complexity index is 625. The number of rotatable bonds is 4. The summed E-state index contributed by atoms with van der Waals surface area (Å²) in [5, 5.41) is 4.63. The number of ether oxygens (including phenoxy) is 1. The monoisotopic (exact) mass is 296 g/mol. The number of halogens is 1. The molecule has 3 heterocycles. The van der Waals surface area contributed by atoms with Gasteiger partial charge >= 0.3 is 0 Å². The van der Waals surface area contributed by atoms with Gasteiger partial charge < -0.3 is 9.30 Å². The van der Waals surface area contributed by atoms with Gasteiger partial charge in [-0.05, 0) is 19.8 Å². The number of imidazole rings is 1. The highest BCUT2D eigenvalue weighted by molar-refractivity contribution is 6.16. The maximum atomic E-state index is 6.13. The Hall–Kier alpha value is -1.07. The summed E-state index contributed by atoms with van der Waals surface area (Å²) in [4.78, 5) is 4.75. The Morgan fingerprint density at radius 3 is 2.85 bits per heavy atom. The molecule has 1 aliphatic heterocycles. The van der Waals surface area contributed by atoms with Crippen LogP contribution in [-0.4, -0.2) is 32.5 Å². The molecule has 0 N–H and O–H groups in total. The van der Waals surface area contributed by atoms with Crippen LogP contribution in [0.1, 0.15) is 38.2 Å². The van der Waals surface area contributed by atoms with Crippen molar-refractivity contribution in [1.29, 1.82) is 0 Å². The zero-order valence-electron chi connectivity index (χ0n) is 12.3. The van der Waals surface area contributed by atoms with Crippen LogP contribution in [0.25, 0.3) is 11.2 Å². The lowest BCUT2D eigenvalue weighted by atomic mass is 10.0. The quantitative estimate of drug-likeness (QED) is 0.815. The number of aromatic nitrogens is 4. The summed E-state index contributed by atoms with van der Waals surface area (Å²) in [5.41, 5.74) is 3.06. The van der Waals surface area contributed by atoms with Crippen LogP contribution in [0, 0.1) is 0 Å². The minimum absolute atomic E-state index is 0.0732. The lowest BCUT2D eigenvalue weighted by molar-refractivity contribution is 0.161. The summed E-state index contributed by atoms with van der Waals surface area (Å²) >= 11 is 6.13. The van der Waals surface area contributed by atoms with Crippen molar-refractivity contribution in [2.75, 3.05) is 13.2 Å². The molecule has 2 aromatic rings. The van der Waals surface area contributed by atoms with Gasteiger partial charge in [0.15, 0.2) is 5.65 Å². The number of hydrogen-bond acceptors (Lipinski definition) is 3. The van der Waals surface area contributed by atoms with E-state index in [9.17, 15) is 0 Å². The van der Waals surface area contributed by atoms with Gasteiger partial charge in [-0.1, -0.05) is 13.3 Å². The van der Waals surface area contributed by atoms with Crippen LogP contribution in [0.3, 0.4) is 0 Å². The maximum absolute atomic E-state index is 6.13. The van der Waals surface area contributed by atoms with Crippen molar-refractivity contribution in [3.63, 3.8) is 0 Å². The second-order valence-electron chi connectivity index (χ2n) is 5.79. The molecule has 1 atom stereocenters. The summed E-state index contributed by atoms with van der Waals surface area (Å²) in [7, 11) is 1.98. The molecular formula is C14H21ClN4O. The normalized spacial score (nSPS) is 23.0. The van der Waals surface area contributed by atoms with E-state index in [1.165, 1.54) is 0 Å².